The molecule has 0 spiro atoms. The number of aliphatic hydroxyl groups excluding tert-OH is 18. The van der Waals surface area contributed by atoms with Gasteiger partial charge in [0.05, 0.1) is 26.4 Å². The summed E-state index contributed by atoms with van der Waals surface area (Å²) in [6, 6.07) is -2.22. The summed E-state index contributed by atoms with van der Waals surface area (Å²) in [6.45, 7) is -7.46. The maximum Gasteiger partial charge on any atom is 0.351 e. The second kappa shape index (κ2) is 33.1. The first-order valence-corrected chi connectivity index (χ1v) is 31.6. The number of ether oxygens (including phenoxy) is 17. The number of H-pyrrole nitrogens is 3. The Hall–Kier alpha value is -4.58. The maximum absolute atomic E-state index is 12.3. The lowest BCUT2D eigenvalue weighted by atomic mass is 9.95. The minimum Gasteiger partial charge on any atom is -0.460 e. The Kier molecular flexibility index (Phi) is 25.4. The lowest BCUT2D eigenvalue weighted by Gasteiger charge is -2.50. The highest BCUT2D eigenvalue weighted by atomic mass is 35.5. The molecule has 568 valence electrons. The van der Waals surface area contributed by atoms with E-state index < -0.39 is 312 Å². The molecule has 24 rings (SSSR count). The Labute approximate surface area is 576 Å². The third-order valence-corrected chi connectivity index (χ3v) is 17.7. The fraction of sp³-hybridized carbons (Fsp3) is 0.824. The first-order chi connectivity index (χ1) is 48.1. The van der Waals surface area contributed by atoms with Crippen molar-refractivity contribution < 1.29 is 172 Å². The molecular formula is C51H70Cl3N9O38. The van der Waals surface area contributed by atoms with Gasteiger partial charge in [-0.15, -0.1) is 15.0 Å². The summed E-state index contributed by atoms with van der Waals surface area (Å²) in [5.41, 5.74) is -3.25. The Bertz CT molecular complexity index is 3340. The van der Waals surface area contributed by atoms with Crippen LogP contribution in [0.15, 0.2) is 14.4 Å². The van der Waals surface area contributed by atoms with E-state index in [1.165, 1.54) is 0 Å². The molecule has 3 aromatic heterocycles. The van der Waals surface area contributed by atoms with Gasteiger partial charge in [0.1, 0.15) is 191 Å². The number of aromatic nitrogens is 9. The fourth-order valence-corrected chi connectivity index (χ4v) is 12.5. The van der Waals surface area contributed by atoms with Crippen molar-refractivity contribution in [3.63, 3.8) is 0 Å². The van der Waals surface area contributed by atoms with E-state index in [9.17, 15) is 106 Å². The first kappa shape index (κ1) is 77.5. The van der Waals surface area contributed by atoms with Gasteiger partial charge in [-0.2, -0.15) is 15.0 Å². The fourth-order valence-electron chi connectivity index (χ4n) is 12.1. The number of halogens is 3. The molecule has 0 saturated carbocycles. The van der Waals surface area contributed by atoms with E-state index in [0.717, 1.165) is 0 Å². The lowest BCUT2D eigenvalue weighted by molar-refractivity contribution is -0.396. The third-order valence-electron chi connectivity index (χ3n) is 17.2. The first-order valence-electron chi connectivity index (χ1n) is 30.5. The van der Waals surface area contributed by atoms with Crippen LogP contribution in [0.4, 0.5) is 0 Å². The Morgan fingerprint density at radius 2 is 0.436 bits per heavy atom. The molecule has 0 amide bonds. The van der Waals surface area contributed by atoms with Crippen molar-refractivity contribution >= 4 is 34.8 Å². The van der Waals surface area contributed by atoms with Crippen molar-refractivity contribution in [3.05, 3.63) is 47.3 Å². The van der Waals surface area contributed by atoms with Crippen molar-refractivity contribution in [2.75, 3.05) is 46.2 Å². The summed E-state index contributed by atoms with van der Waals surface area (Å²) in [6.07, 6.45) is -75.8. The molecule has 0 unspecified atom stereocenters. The van der Waals surface area contributed by atoms with Crippen LogP contribution in [0.25, 0.3) is 0 Å². The molecule has 3 aromatic rings. The SMILES string of the molecule is O=c1nc(OC[C@H]2O[C@@H]3O[C@H]4[C@H](O)[C@@H](O)[C@@H](O[C@H]5[C@H](O)[C@@H](O)[C@@H](O[C@H]6[C@H](O)[C@@H](O)[C@@H](O[C@H]7[C@H](O)[C@@H](O)[C@@H](O[C@H]8[C@H](O)[C@@H](O)[C@@H](O[C@H]9[C@H](O)[C@@H](O)[C@@H](O[C@H]2[C@H](O)[C@H]3O)O[C@@H]9CO)O[C@@H]8COc2nc(Cl)[nH]c(=O)n2)O[C@@H]7CO)O[C@@H]6COc2nc(Cl)[nH]c(=O)n2)O[C@@H]5CO)O[C@@H]4CO)nc(Cl)[nH]1. The van der Waals surface area contributed by atoms with Gasteiger partial charge in [-0.05, 0) is 34.8 Å². The van der Waals surface area contributed by atoms with E-state index in [0.29, 0.717) is 0 Å². The topological polar surface area (TPSA) is 697 Å². The van der Waals surface area contributed by atoms with Gasteiger partial charge in [-0.1, -0.05) is 0 Å². The Balaban J connectivity index is 0.930. The van der Waals surface area contributed by atoms with Crippen molar-refractivity contribution in [1.29, 1.82) is 0 Å². The predicted octanol–water partition coefficient (Wildman–Crippen LogP) is -14.6. The molecule has 21 saturated heterocycles. The number of aromatic amines is 3. The minimum atomic E-state index is -2.38. The van der Waals surface area contributed by atoms with Gasteiger partial charge < -0.3 is 172 Å². The molecule has 0 radical (unpaired) electrons. The van der Waals surface area contributed by atoms with Crippen LogP contribution in [0.2, 0.25) is 15.9 Å². The Morgan fingerprint density at radius 3 is 0.604 bits per heavy atom. The van der Waals surface area contributed by atoms with Gasteiger partial charge in [0.2, 0.25) is 15.9 Å². The zero-order valence-electron chi connectivity index (χ0n) is 51.2. The molecule has 21 fully saturated rings. The third kappa shape index (κ3) is 16.8. The highest BCUT2D eigenvalue weighted by Gasteiger charge is 2.60. The molecule has 24 heterocycles. The maximum atomic E-state index is 12.3. The average molecular weight is 1520 g/mol. The van der Waals surface area contributed by atoms with E-state index in [2.05, 4.69) is 44.9 Å². The number of hydrogen-bond acceptors (Lipinski definition) is 44. The summed E-state index contributed by atoms with van der Waals surface area (Å²) in [5, 5.41) is 206. The summed E-state index contributed by atoms with van der Waals surface area (Å²) in [7, 11) is 0. The van der Waals surface area contributed by atoms with Gasteiger partial charge in [0, 0.05) is 0 Å². The smallest absolute Gasteiger partial charge is 0.351 e. The van der Waals surface area contributed by atoms with Gasteiger partial charge in [-0.3, -0.25) is 15.0 Å². The van der Waals surface area contributed by atoms with Gasteiger partial charge in [0.25, 0.3) is 0 Å². The standard InChI is InChI=1S/C51H70Cl3N9O38/c52-43-55-46(82)61-49(58-43)85-5-12-33-20(73)27(80)41(93-12)97-31-10(3-66)91-39(25(78)18(31)71)101-35-14(7-87-51-60-45(54)57-48(84)63-51)94-42(28(81)21(35)74)98-32-11(4-67)90-38(24(77)17(32)70)100-34-13(6-86-50-59-44(53)56-47(83)62-50)92-40(26(79)19(34)72)96-30-9(2-65)88-36(22(75)15(30)68)95-29-8(1-64)89-37(99-33)23(76)16(29)69/h8-42,64-81H,1-7H2,(H,55,58,61,82)(H,56,59,62,83)(H,57,60,63,84)/t8-,9-,10-,11-,12-,13-,14-,15-,16-,17-,18-,19-,20-,21-,22-,23-,24-,25-,26-,27-,28-,29-,30-,31-,32-,33-,34-,35-,36-,37-,38-,39-,40-,41-,42-/m1/s1. The van der Waals surface area contributed by atoms with Crippen LogP contribution in [-0.4, -0.2) is 398 Å². The van der Waals surface area contributed by atoms with Crippen molar-refractivity contribution in [2.24, 2.45) is 0 Å². The average Bonchev–Trinajstić information content (AvgIpc) is 0.804. The number of aliphatic hydroxyl groups is 18. The monoisotopic (exact) mass is 1520 g/mol. The number of hydrogen-bond donors (Lipinski definition) is 21. The van der Waals surface area contributed by atoms with Gasteiger partial charge in [-0.25, -0.2) is 14.4 Å². The predicted molar refractivity (Wildman–Crippen MR) is 307 cm³/mol. The molecule has 35 atom stereocenters. The van der Waals surface area contributed by atoms with Crippen molar-refractivity contribution in [3.8, 4) is 18.0 Å². The molecule has 47 nitrogen and oxygen atoms in total. The minimum absolute atomic E-state index is 0.541. The van der Waals surface area contributed by atoms with Crippen molar-refractivity contribution in [1.82, 2.24) is 44.9 Å². The highest BCUT2D eigenvalue weighted by molar-refractivity contribution is 6.28. The second-order valence-corrected chi connectivity index (χ2v) is 24.8. The molecular weight excluding hydrogens is 1450 g/mol. The summed E-state index contributed by atoms with van der Waals surface area (Å²) >= 11 is 17.7. The molecule has 21 aliphatic heterocycles. The number of nitrogens with one attached hydrogen (secondary N) is 3. The zero-order chi connectivity index (χ0) is 72.7. The molecule has 14 bridgehead atoms. The quantitative estimate of drug-likeness (QED) is 0.0756. The largest absolute Gasteiger partial charge is 0.460 e. The number of nitrogens with zero attached hydrogens (tertiary/aromatic N) is 6. The Morgan fingerprint density at radius 1 is 0.267 bits per heavy atom. The van der Waals surface area contributed by atoms with Crippen LogP contribution in [-0.2, 0) is 66.3 Å². The molecule has 21 aliphatic rings. The van der Waals surface area contributed by atoms with Gasteiger partial charge in [0.15, 0.2) is 44.0 Å². The second-order valence-electron chi connectivity index (χ2n) is 23.7. The van der Waals surface area contributed by atoms with Crippen LogP contribution >= 0.6 is 34.8 Å². The summed E-state index contributed by atoms with van der Waals surface area (Å²) < 4.78 is 99.2. The summed E-state index contributed by atoms with van der Waals surface area (Å²) in [4.78, 5) is 64.6. The van der Waals surface area contributed by atoms with Crippen LogP contribution in [0.1, 0.15) is 0 Å². The van der Waals surface area contributed by atoms with E-state index in [4.69, 9.17) is 115 Å². The lowest BCUT2D eigenvalue weighted by Crippen LogP contribution is -2.68. The highest BCUT2D eigenvalue weighted by Crippen LogP contribution is 2.40. The number of rotatable bonds is 13. The van der Waals surface area contributed by atoms with E-state index in [1.807, 2.05) is 0 Å². The van der Waals surface area contributed by atoms with Gasteiger partial charge >= 0.3 is 35.1 Å². The molecule has 50 heteroatoms. The molecule has 0 aromatic carbocycles. The van der Waals surface area contributed by atoms with Crippen molar-refractivity contribution in [2.45, 2.75) is 215 Å². The van der Waals surface area contributed by atoms with E-state index in [1.54, 1.807) is 0 Å². The van der Waals surface area contributed by atoms with E-state index >= 15 is 0 Å². The molecule has 21 N–H and O–H groups in total. The normalized spacial score (nSPS) is 44.8. The van der Waals surface area contributed by atoms with Crippen LogP contribution in [0.3, 0.4) is 0 Å². The molecule has 101 heavy (non-hydrogen) atoms. The molecule has 0 aliphatic carbocycles. The van der Waals surface area contributed by atoms with Crippen LogP contribution in [0.5, 0.6) is 18.0 Å². The summed E-state index contributed by atoms with van der Waals surface area (Å²) in [5.74, 6) is 0. The van der Waals surface area contributed by atoms with Crippen LogP contribution < -0.4 is 31.3 Å². The zero-order valence-corrected chi connectivity index (χ0v) is 53.5. The van der Waals surface area contributed by atoms with E-state index in [-0.39, 0.29) is 0 Å². The van der Waals surface area contributed by atoms with Crippen LogP contribution in [0, 0.1) is 0 Å².